The van der Waals surface area contributed by atoms with E-state index in [1.807, 2.05) is 0 Å². The first kappa shape index (κ1) is 13.0. The van der Waals surface area contributed by atoms with Gasteiger partial charge in [-0.1, -0.05) is 0 Å². The second kappa shape index (κ2) is 8.09. The van der Waals surface area contributed by atoms with Gasteiger partial charge >= 0.3 is 0 Å². The lowest BCUT2D eigenvalue weighted by molar-refractivity contribution is -0.123. The molecule has 1 aromatic rings. The molecule has 6 heteroatoms. The number of nitrogens with zero attached hydrogens (tertiary/aromatic N) is 1. The SMILES string of the molecule is O=CNCCCNC(=O)COc1cccnc1. The topological polar surface area (TPSA) is 80.3 Å². The van der Waals surface area contributed by atoms with E-state index in [1.54, 1.807) is 24.5 Å². The molecular weight excluding hydrogens is 222 g/mol. The van der Waals surface area contributed by atoms with Crippen LogP contribution in [0.2, 0.25) is 0 Å². The van der Waals surface area contributed by atoms with Gasteiger partial charge in [-0.25, -0.2) is 0 Å². The Morgan fingerprint density at radius 3 is 3.06 bits per heavy atom. The summed E-state index contributed by atoms with van der Waals surface area (Å²) >= 11 is 0. The minimum absolute atomic E-state index is 0.0349. The molecule has 0 aliphatic heterocycles. The number of hydrogen-bond donors (Lipinski definition) is 2. The number of hydrogen-bond acceptors (Lipinski definition) is 4. The summed E-state index contributed by atoms with van der Waals surface area (Å²) in [6.07, 6.45) is 4.50. The largest absolute Gasteiger partial charge is 0.482 e. The van der Waals surface area contributed by atoms with Crippen molar-refractivity contribution in [3.05, 3.63) is 24.5 Å². The normalized spacial score (nSPS) is 9.41. The van der Waals surface area contributed by atoms with Crippen LogP contribution in [0.25, 0.3) is 0 Å². The van der Waals surface area contributed by atoms with Gasteiger partial charge < -0.3 is 15.4 Å². The molecule has 0 fully saturated rings. The van der Waals surface area contributed by atoms with Crippen molar-refractivity contribution in [2.75, 3.05) is 19.7 Å². The average molecular weight is 237 g/mol. The minimum Gasteiger partial charge on any atom is -0.482 e. The maximum Gasteiger partial charge on any atom is 0.257 e. The quantitative estimate of drug-likeness (QED) is 0.481. The third-order valence-electron chi connectivity index (χ3n) is 1.91. The molecule has 0 saturated heterocycles. The molecular formula is C11H15N3O3. The monoisotopic (exact) mass is 237 g/mol. The molecule has 2 N–H and O–H groups in total. The number of nitrogens with one attached hydrogen (secondary N) is 2. The van der Waals surface area contributed by atoms with E-state index < -0.39 is 0 Å². The summed E-state index contributed by atoms with van der Waals surface area (Å²) in [5.74, 6) is 0.366. The highest BCUT2D eigenvalue weighted by atomic mass is 16.5. The van der Waals surface area contributed by atoms with Crippen LogP contribution in [-0.2, 0) is 9.59 Å². The molecule has 1 rings (SSSR count). The molecule has 0 radical (unpaired) electrons. The summed E-state index contributed by atoms with van der Waals surface area (Å²) in [5.41, 5.74) is 0. The zero-order valence-electron chi connectivity index (χ0n) is 9.39. The van der Waals surface area contributed by atoms with Crippen molar-refractivity contribution in [1.82, 2.24) is 15.6 Å². The Morgan fingerprint density at radius 1 is 1.47 bits per heavy atom. The smallest absolute Gasteiger partial charge is 0.257 e. The molecule has 0 atom stereocenters. The van der Waals surface area contributed by atoms with Crippen LogP contribution in [0.3, 0.4) is 0 Å². The Balaban J connectivity index is 2.07. The Labute approximate surface area is 99.4 Å². The van der Waals surface area contributed by atoms with Crippen molar-refractivity contribution >= 4 is 12.3 Å². The molecule has 0 aliphatic carbocycles. The summed E-state index contributed by atoms with van der Waals surface area (Å²) in [7, 11) is 0. The molecule has 0 bridgehead atoms. The minimum atomic E-state index is -0.194. The van der Waals surface area contributed by atoms with Crippen molar-refractivity contribution in [3.8, 4) is 5.75 Å². The molecule has 6 nitrogen and oxygen atoms in total. The summed E-state index contributed by atoms with van der Waals surface area (Å²) in [6, 6.07) is 3.46. The number of ether oxygens (including phenoxy) is 1. The fourth-order valence-corrected chi connectivity index (χ4v) is 1.11. The molecule has 0 aliphatic rings. The van der Waals surface area contributed by atoms with Gasteiger partial charge in [-0.2, -0.15) is 0 Å². The maximum atomic E-state index is 11.3. The van der Waals surface area contributed by atoms with Crippen molar-refractivity contribution in [2.24, 2.45) is 0 Å². The predicted octanol–water partition coefficient (Wildman–Crippen LogP) is -0.287. The molecule has 0 unspecified atom stereocenters. The van der Waals surface area contributed by atoms with Crippen LogP contribution in [0.15, 0.2) is 24.5 Å². The lowest BCUT2D eigenvalue weighted by Gasteiger charge is -2.06. The highest BCUT2D eigenvalue weighted by Crippen LogP contribution is 2.05. The van der Waals surface area contributed by atoms with Crippen LogP contribution in [0, 0.1) is 0 Å². The van der Waals surface area contributed by atoms with Crippen LogP contribution >= 0.6 is 0 Å². The van der Waals surface area contributed by atoms with Crippen molar-refractivity contribution < 1.29 is 14.3 Å². The summed E-state index contributed by atoms with van der Waals surface area (Å²) in [5, 5.41) is 5.18. The van der Waals surface area contributed by atoms with Crippen LogP contribution in [0.4, 0.5) is 0 Å². The van der Waals surface area contributed by atoms with Gasteiger partial charge in [-0.15, -0.1) is 0 Å². The highest BCUT2D eigenvalue weighted by Gasteiger charge is 2.01. The number of amides is 2. The van der Waals surface area contributed by atoms with E-state index in [4.69, 9.17) is 4.74 Å². The predicted molar refractivity (Wildman–Crippen MR) is 61.4 cm³/mol. The second-order valence-electron chi connectivity index (χ2n) is 3.25. The molecule has 0 saturated carbocycles. The van der Waals surface area contributed by atoms with Crippen LogP contribution in [0.1, 0.15) is 6.42 Å². The first-order valence-corrected chi connectivity index (χ1v) is 5.29. The lowest BCUT2D eigenvalue weighted by atomic mass is 10.4. The first-order valence-electron chi connectivity index (χ1n) is 5.29. The standard InChI is InChI=1S/C11H15N3O3/c15-9-13-5-2-6-14-11(16)8-17-10-3-1-4-12-7-10/h1,3-4,7,9H,2,5-6,8H2,(H,13,15)(H,14,16). The van der Waals surface area contributed by atoms with E-state index in [1.165, 1.54) is 0 Å². The molecule has 0 spiro atoms. The van der Waals surface area contributed by atoms with Crippen molar-refractivity contribution in [1.29, 1.82) is 0 Å². The number of carbonyl (C=O) groups excluding carboxylic acids is 2. The van der Waals surface area contributed by atoms with Gasteiger partial charge in [0, 0.05) is 19.3 Å². The van der Waals surface area contributed by atoms with Crippen LogP contribution in [-0.4, -0.2) is 37.0 Å². The zero-order valence-corrected chi connectivity index (χ0v) is 9.39. The fraction of sp³-hybridized carbons (Fsp3) is 0.364. The van der Waals surface area contributed by atoms with E-state index in [-0.39, 0.29) is 12.5 Å². The van der Waals surface area contributed by atoms with Crippen LogP contribution < -0.4 is 15.4 Å². The fourth-order valence-electron chi connectivity index (χ4n) is 1.11. The van der Waals surface area contributed by atoms with E-state index >= 15 is 0 Å². The molecule has 17 heavy (non-hydrogen) atoms. The van der Waals surface area contributed by atoms with Gasteiger partial charge in [-0.3, -0.25) is 14.6 Å². The van der Waals surface area contributed by atoms with E-state index in [0.717, 1.165) is 0 Å². The second-order valence-corrected chi connectivity index (χ2v) is 3.25. The molecule has 92 valence electrons. The van der Waals surface area contributed by atoms with Crippen LogP contribution in [0.5, 0.6) is 5.75 Å². The molecule has 0 aromatic carbocycles. The third-order valence-corrected chi connectivity index (χ3v) is 1.91. The van der Waals surface area contributed by atoms with E-state index in [0.29, 0.717) is 31.7 Å². The summed E-state index contributed by atoms with van der Waals surface area (Å²) in [4.78, 5) is 25.1. The van der Waals surface area contributed by atoms with Gasteiger partial charge in [0.15, 0.2) is 6.61 Å². The number of pyridine rings is 1. The van der Waals surface area contributed by atoms with Gasteiger partial charge in [0.2, 0.25) is 6.41 Å². The van der Waals surface area contributed by atoms with Gasteiger partial charge in [0.1, 0.15) is 5.75 Å². The molecule has 2 amide bonds. The zero-order chi connectivity index (χ0) is 12.3. The summed E-state index contributed by atoms with van der Waals surface area (Å²) < 4.78 is 5.20. The number of carbonyl (C=O) groups is 2. The van der Waals surface area contributed by atoms with Gasteiger partial charge in [-0.05, 0) is 18.6 Å². The third kappa shape index (κ3) is 6.14. The number of rotatable bonds is 8. The Hall–Kier alpha value is -2.11. The molecule has 1 heterocycles. The Kier molecular flexibility index (Phi) is 6.17. The molecule has 1 aromatic heterocycles. The maximum absolute atomic E-state index is 11.3. The summed E-state index contributed by atoms with van der Waals surface area (Å²) in [6.45, 7) is 1.02. The highest BCUT2D eigenvalue weighted by molar-refractivity contribution is 5.77. The van der Waals surface area contributed by atoms with E-state index in [2.05, 4.69) is 15.6 Å². The van der Waals surface area contributed by atoms with Crippen molar-refractivity contribution in [2.45, 2.75) is 6.42 Å². The van der Waals surface area contributed by atoms with Gasteiger partial charge in [0.05, 0.1) is 6.20 Å². The van der Waals surface area contributed by atoms with E-state index in [9.17, 15) is 9.59 Å². The first-order chi connectivity index (χ1) is 8.33. The average Bonchev–Trinajstić information content (AvgIpc) is 2.37. The number of aromatic nitrogens is 1. The van der Waals surface area contributed by atoms with Crippen molar-refractivity contribution in [3.63, 3.8) is 0 Å². The van der Waals surface area contributed by atoms with Gasteiger partial charge in [0.25, 0.3) is 5.91 Å². The Morgan fingerprint density at radius 2 is 2.35 bits per heavy atom. The lowest BCUT2D eigenvalue weighted by Crippen LogP contribution is -2.31. The Bertz CT molecular complexity index is 343.